The maximum absolute atomic E-state index is 10.2. The second kappa shape index (κ2) is 2.97. The van der Waals surface area contributed by atoms with Crippen molar-refractivity contribution in [2.45, 2.75) is 20.0 Å². The second-order valence-corrected chi connectivity index (χ2v) is 2.88. The van der Waals surface area contributed by atoms with E-state index in [0.29, 0.717) is 12.5 Å². The zero-order chi connectivity index (χ0) is 7.56. The summed E-state index contributed by atoms with van der Waals surface area (Å²) in [6.45, 7) is 4.65. The quantitative estimate of drug-likeness (QED) is 0.538. The fraction of sp³-hybridized carbons (Fsp3) is 0.625. The average molecular weight is 140 g/mol. The molecule has 0 aromatic rings. The van der Waals surface area contributed by atoms with Crippen LogP contribution >= 0.6 is 0 Å². The highest BCUT2D eigenvalue weighted by molar-refractivity contribution is 5.74. The lowest BCUT2D eigenvalue weighted by Crippen LogP contribution is -2.11. The van der Waals surface area contributed by atoms with Crippen molar-refractivity contribution in [3.8, 4) is 0 Å². The van der Waals surface area contributed by atoms with Gasteiger partial charge in [0.15, 0.2) is 0 Å². The zero-order valence-electron chi connectivity index (χ0n) is 6.33. The van der Waals surface area contributed by atoms with Gasteiger partial charge in [0.05, 0.1) is 12.7 Å². The van der Waals surface area contributed by atoms with E-state index < -0.39 is 0 Å². The van der Waals surface area contributed by atoms with E-state index >= 15 is 0 Å². The predicted molar refractivity (Wildman–Crippen MR) is 38.7 cm³/mol. The monoisotopic (exact) mass is 140 g/mol. The number of hydrogen-bond donors (Lipinski definition) is 0. The van der Waals surface area contributed by atoms with Crippen molar-refractivity contribution in [2.75, 3.05) is 6.61 Å². The van der Waals surface area contributed by atoms with E-state index in [0.717, 1.165) is 11.9 Å². The van der Waals surface area contributed by atoms with Gasteiger partial charge in [-0.15, -0.1) is 0 Å². The van der Waals surface area contributed by atoms with Crippen LogP contribution in [-0.2, 0) is 9.53 Å². The van der Waals surface area contributed by atoms with E-state index in [4.69, 9.17) is 4.74 Å². The summed E-state index contributed by atoms with van der Waals surface area (Å²) in [6.07, 6.45) is 2.92. The highest BCUT2D eigenvalue weighted by Crippen LogP contribution is 2.16. The highest BCUT2D eigenvalue weighted by atomic mass is 16.5. The van der Waals surface area contributed by atoms with Gasteiger partial charge >= 0.3 is 0 Å². The van der Waals surface area contributed by atoms with Gasteiger partial charge in [0, 0.05) is 5.57 Å². The fourth-order valence-electron chi connectivity index (χ4n) is 0.958. The van der Waals surface area contributed by atoms with E-state index in [1.54, 1.807) is 0 Å². The van der Waals surface area contributed by atoms with Gasteiger partial charge in [0.1, 0.15) is 6.29 Å². The maximum Gasteiger partial charge on any atom is 0.148 e. The molecule has 0 radical (unpaired) electrons. The van der Waals surface area contributed by atoms with Crippen LogP contribution in [0.4, 0.5) is 0 Å². The zero-order valence-corrected chi connectivity index (χ0v) is 6.33. The summed E-state index contributed by atoms with van der Waals surface area (Å²) in [7, 11) is 0. The summed E-state index contributed by atoms with van der Waals surface area (Å²) in [5.74, 6) is 0.470. The molecular weight excluding hydrogens is 128 g/mol. The van der Waals surface area contributed by atoms with Crippen LogP contribution in [0, 0.1) is 5.92 Å². The van der Waals surface area contributed by atoms with Crippen molar-refractivity contribution >= 4 is 6.29 Å². The number of rotatable bonds is 2. The van der Waals surface area contributed by atoms with Crippen molar-refractivity contribution < 1.29 is 9.53 Å². The third-order valence-corrected chi connectivity index (χ3v) is 1.63. The molecule has 0 fully saturated rings. The molecule has 1 atom stereocenters. The Hall–Kier alpha value is -0.630. The molecule has 1 rings (SSSR count). The van der Waals surface area contributed by atoms with Crippen molar-refractivity contribution in [3.63, 3.8) is 0 Å². The smallest absolute Gasteiger partial charge is 0.148 e. The minimum Gasteiger partial charge on any atom is -0.369 e. The molecule has 0 spiro atoms. The van der Waals surface area contributed by atoms with Crippen LogP contribution in [0.3, 0.4) is 0 Å². The number of aldehydes is 1. The van der Waals surface area contributed by atoms with Gasteiger partial charge in [-0.2, -0.15) is 0 Å². The van der Waals surface area contributed by atoms with Crippen LogP contribution in [0.25, 0.3) is 0 Å². The molecule has 0 N–H and O–H groups in total. The Bertz CT molecular complexity index is 159. The molecule has 56 valence electrons. The van der Waals surface area contributed by atoms with Crippen molar-refractivity contribution in [1.29, 1.82) is 0 Å². The maximum atomic E-state index is 10.2. The molecule has 1 heterocycles. The van der Waals surface area contributed by atoms with Crippen LogP contribution < -0.4 is 0 Å². The summed E-state index contributed by atoms with van der Waals surface area (Å²) >= 11 is 0. The van der Waals surface area contributed by atoms with Crippen LogP contribution in [0.1, 0.15) is 13.8 Å². The Balaban J connectivity index is 2.54. The van der Waals surface area contributed by atoms with Gasteiger partial charge < -0.3 is 4.74 Å². The molecule has 2 heteroatoms. The molecule has 0 saturated heterocycles. The lowest BCUT2D eigenvalue weighted by atomic mass is 10.1. The molecule has 10 heavy (non-hydrogen) atoms. The summed E-state index contributed by atoms with van der Waals surface area (Å²) in [5, 5.41) is 0. The van der Waals surface area contributed by atoms with E-state index in [1.165, 1.54) is 0 Å². The molecule has 0 saturated carbocycles. The van der Waals surface area contributed by atoms with Crippen LogP contribution in [0.2, 0.25) is 0 Å². The number of carbonyl (C=O) groups excluding carboxylic acids is 1. The molecule has 0 bridgehead atoms. The van der Waals surface area contributed by atoms with Crippen molar-refractivity contribution in [2.24, 2.45) is 5.92 Å². The van der Waals surface area contributed by atoms with E-state index in [1.807, 2.05) is 6.08 Å². The fourth-order valence-corrected chi connectivity index (χ4v) is 0.958. The molecule has 1 aliphatic rings. The van der Waals surface area contributed by atoms with Gasteiger partial charge in [-0.3, -0.25) is 4.79 Å². The third kappa shape index (κ3) is 1.45. The minimum absolute atomic E-state index is 0.153. The lowest BCUT2D eigenvalue weighted by Gasteiger charge is -2.10. The van der Waals surface area contributed by atoms with E-state index in [-0.39, 0.29) is 6.10 Å². The van der Waals surface area contributed by atoms with Crippen LogP contribution in [0.5, 0.6) is 0 Å². The summed E-state index contributed by atoms with van der Waals surface area (Å²) < 4.78 is 5.29. The first kappa shape index (κ1) is 7.48. The third-order valence-electron chi connectivity index (χ3n) is 1.63. The van der Waals surface area contributed by atoms with Crippen molar-refractivity contribution in [3.05, 3.63) is 11.6 Å². The normalized spacial score (nSPS) is 25.1. The van der Waals surface area contributed by atoms with Gasteiger partial charge in [0.2, 0.25) is 0 Å². The summed E-state index contributed by atoms with van der Waals surface area (Å²) in [5.41, 5.74) is 0.777. The Morgan fingerprint density at radius 1 is 1.80 bits per heavy atom. The Labute approximate surface area is 60.9 Å². The molecule has 1 aliphatic heterocycles. The second-order valence-electron chi connectivity index (χ2n) is 2.88. The van der Waals surface area contributed by atoms with Gasteiger partial charge in [0.25, 0.3) is 0 Å². The average Bonchev–Trinajstić information content (AvgIpc) is 2.34. The SMILES string of the molecule is CC(C)C1C=C(C=O)CO1. The lowest BCUT2D eigenvalue weighted by molar-refractivity contribution is -0.105. The summed E-state index contributed by atoms with van der Waals surface area (Å²) in [4.78, 5) is 10.2. The highest BCUT2D eigenvalue weighted by Gasteiger charge is 2.18. The van der Waals surface area contributed by atoms with Gasteiger partial charge in [-0.05, 0) is 12.0 Å². The minimum atomic E-state index is 0.153. The number of carbonyl (C=O) groups is 1. The molecule has 0 amide bonds. The summed E-state index contributed by atoms with van der Waals surface area (Å²) in [6, 6.07) is 0. The predicted octanol–water partition coefficient (Wildman–Crippen LogP) is 1.17. The first-order valence-corrected chi connectivity index (χ1v) is 3.51. The molecule has 2 nitrogen and oxygen atoms in total. The standard InChI is InChI=1S/C8H12O2/c1-6(2)8-3-7(4-9)5-10-8/h3-4,6,8H,5H2,1-2H3. The largest absolute Gasteiger partial charge is 0.369 e. The Morgan fingerprint density at radius 2 is 2.50 bits per heavy atom. The molecular formula is C8H12O2. The molecule has 0 aromatic carbocycles. The Morgan fingerprint density at radius 3 is 2.80 bits per heavy atom. The van der Waals surface area contributed by atoms with Gasteiger partial charge in [-0.1, -0.05) is 13.8 Å². The van der Waals surface area contributed by atoms with Gasteiger partial charge in [-0.25, -0.2) is 0 Å². The van der Waals surface area contributed by atoms with Crippen molar-refractivity contribution in [1.82, 2.24) is 0 Å². The molecule has 0 aromatic heterocycles. The number of hydrogen-bond acceptors (Lipinski definition) is 2. The topological polar surface area (TPSA) is 26.3 Å². The first-order valence-electron chi connectivity index (χ1n) is 3.51. The van der Waals surface area contributed by atoms with Crippen LogP contribution in [-0.4, -0.2) is 19.0 Å². The van der Waals surface area contributed by atoms with E-state index in [2.05, 4.69) is 13.8 Å². The van der Waals surface area contributed by atoms with E-state index in [9.17, 15) is 4.79 Å². The molecule has 0 aliphatic carbocycles. The number of ether oxygens (including phenoxy) is 1. The van der Waals surface area contributed by atoms with Crippen LogP contribution in [0.15, 0.2) is 11.6 Å². The molecule has 1 unspecified atom stereocenters. The first-order chi connectivity index (χ1) is 4.74. The Kier molecular flexibility index (Phi) is 2.22.